The van der Waals surface area contributed by atoms with Crippen LogP contribution in [0.1, 0.15) is 53.8 Å². The van der Waals surface area contributed by atoms with E-state index >= 15 is 0 Å². The van der Waals surface area contributed by atoms with Gasteiger partial charge >= 0.3 is 0 Å². The molecule has 140 valence electrons. The Balaban J connectivity index is 1.80. The molecule has 0 bridgehead atoms. The average molecular weight is 383 g/mol. The van der Waals surface area contributed by atoms with E-state index < -0.39 is 0 Å². The Morgan fingerprint density at radius 3 is 2.67 bits per heavy atom. The molecule has 1 aliphatic rings. The Kier molecular flexibility index (Phi) is 4.87. The van der Waals surface area contributed by atoms with E-state index in [1.165, 1.54) is 19.3 Å². The van der Waals surface area contributed by atoms with Gasteiger partial charge in [-0.3, -0.25) is 4.79 Å². The number of aryl methyl sites for hydroxylation is 2. The third-order valence-corrected chi connectivity index (χ3v) is 5.53. The van der Waals surface area contributed by atoms with Gasteiger partial charge in [0.15, 0.2) is 5.65 Å². The van der Waals surface area contributed by atoms with Crippen molar-refractivity contribution in [3.8, 4) is 5.69 Å². The van der Waals surface area contributed by atoms with E-state index in [9.17, 15) is 4.79 Å². The zero-order valence-corrected chi connectivity index (χ0v) is 16.4. The molecule has 2 heterocycles. The number of rotatable bonds is 3. The van der Waals surface area contributed by atoms with Crippen molar-refractivity contribution in [3.05, 3.63) is 52.3 Å². The molecule has 1 aliphatic carbocycles. The first-order chi connectivity index (χ1) is 13.0. The van der Waals surface area contributed by atoms with E-state index in [0.717, 1.165) is 35.3 Å². The van der Waals surface area contributed by atoms with Crippen LogP contribution in [0, 0.1) is 13.8 Å². The van der Waals surface area contributed by atoms with Gasteiger partial charge in [0.2, 0.25) is 0 Å². The molecule has 27 heavy (non-hydrogen) atoms. The molecule has 0 unspecified atom stereocenters. The summed E-state index contributed by atoms with van der Waals surface area (Å²) in [6.07, 6.45) is 5.72. The van der Waals surface area contributed by atoms with Gasteiger partial charge in [0.25, 0.3) is 5.91 Å². The van der Waals surface area contributed by atoms with Crippen molar-refractivity contribution >= 4 is 28.5 Å². The number of carbonyl (C=O) groups is 1. The van der Waals surface area contributed by atoms with Crippen LogP contribution in [0.5, 0.6) is 0 Å². The highest BCUT2D eigenvalue weighted by molar-refractivity contribution is 6.32. The summed E-state index contributed by atoms with van der Waals surface area (Å²) in [4.78, 5) is 17.7. The largest absolute Gasteiger partial charge is 0.349 e. The van der Waals surface area contributed by atoms with Crippen LogP contribution < -0.4 is 5.32 Å². The molecule has 1 saturated carbocycles. The molecule has 1 amide bonds. The van der Waals surface area contributed by atoms with Gasteiger partial charge in [-0.1, -0.05) is 43.0 Å². The molecule has 0 saturated heterocycles. The van der Waals surface area contributed by atoms with Gasteiger partial charge in [0, 0.05) is 11.7 Å². The van der Waals surface area contributed by atoms with Gasteiger partial charge in [0.1, 0.15) is 0 Å². The minimum absolute atomic E-state index is 0.0424. The van der Waals surface area contributed by atoms with Crippen molar-refractivity contribution in [2.24, 2.45) is 0 Å². The van der Waals surface area contributed by atoms with Crippen LogP contribution in [0.2, 0.25) is 5.02 Å². The summed E-state index contributed by atoms with van der Waals surface area (Å²) in [6, 6.07) is 9.63. The van der Waals surface area contributed by atoms with Crippen molar-refractivity contribution in [1.29, 1.82) is 0 Å². The molecule has 1 N–H and O–H groups in total. The Morgan fingerprint density at radius 1 is 1.19 bits per heavy atom. The number of pyridine rings is 1. The fourth-order valence-corrected chi connectivity index (χ4v) is 4.11. The van der Waals surface area contributed by atoms with E-state index in [-0.39, 0.29) is 11.9 Å². The standard InChI is InChI=1S/C21H23ClN4O/c1-13-12-16(21(27)24-15-8-4-3-5-9-15)19-14(2)25-26(20(19)23-13)18-11-7-6-10-17(18)22/h6-7,10-12,15H,3-5,8-9H2,1-2H3,(H,24,27). The SMILES string of the molecule is Cc1cc(C(=O)NC2CCCCC2)c2c(C)nn(-c3ccccc3Cl)c2n1. The maximum absolute atomic E-state index is 13.0. The molecule has 1 fully saturated rings. The summed E-state index contributed by atoms with van der Waals surface area (Å²) in [5, 5.41) is 9.24. The molecule has 0 radical (unpaired) electrons. The summed E-state index contributed by atoms with van der Waals surface area (Å²) < 4.78 is 1.73. The normalized spacial score (nSPS) is 15.2. The minimum atomic E-state index is -0.0424. The number of halogens is 1. The lowest BCUT2D eigenvalue weighted by molar-refractivity contribution is 0.0929. The lowest BCUT2D eigenvalue weighted by atomic mass is 9.95. The van der Waals surface area contributed by atoms with E-state index in [4.69, 9.17) is 11.6 Å². The molecular weight excluding hydrogens is 360 g/mol. The first-order valence-corrected chi connectivity index (χ1v) is 9.85. The fourth-order valence-electron chi connectivity index (χ4n) is 3.89. The number of fused-ring (bicyclic) bond motifs is 1. The highest BCUT2D eigenvalue weighted by Gasteiger charge is 2.22. The number of nitrogens with one attached hydrogen (secondary N) is 1. The number of hydrogen-bond donors (Lipinski definition) is 1. The Labute approximate surface area is 163 Å². The number of aromatic nitrogens is 3. The zero-order valence-electron chi connectivity index (χ0n) is 15.6. The lowest BCUT2D eigenvalue weighted by Gasteiger charge is -2.23. The maximum atomic E-state index is 13.0. The first-order valence-electron chi connectivity index (χ1n) is 9.47. The Bertz CT molecular complexity index is 1000. The molecule has 0 aliphatic heterocycles. The summed E-state index contributed by atoms with van der Waals surface area (Å²) in [6.45, 7) is 3.81. The number of benzene rings is 1. The summed E-state index contributed by atoms with van der Waals surface area (Å²) in [5.74, 6) is -0.0424. The maximum Gasteiger partial charge on any atom is 0.252 e. The molecule has 1 aromatic carbocycles. The quantitative estimate of drug-likeness (QED) is 0.710. The second-order valence-corrected chi connectivity index (χ2v) is 7.67. The highest BCUT2D eigenvalue weighted by atomic mass is 35.5. The Hall–Kier alpha value is -2.40. The minimum Gasteiger partial charge on any atom is -0.349 e. The van der Waals surface area contributed by atoms with Crippen molar-refractivity contribution in [2.75, 3.05) is 0 Å². The Morgan fingerprint density at radius 2 is 1.93 bits per heavy atom. The molecule has 6 heteroatoms. The van der Waals surface area contributed by atoms with Crippen LogP contribution in [-0.2, 0) is 0 Å². The van der Waals surface area contributed by atoms with Crippen molar-refractivity contribution < 1.29 is 4.79 Å². The van der Waals surface area contributed by atoms with Gasteiger partial charge in [-0.15, -0.1) is 0 Å². The fraction of sp³-hybridized carbons (Fsp3) is 0.381. The lowest BCUT2D eigenvalue weighted by Crippen LogP contribution is -2.36. The summed E-state index contributed by atoms with van der Waals surface area (Å²) in [7, 11) is 0. The van der Waals surface area contributed by atoms with Gasteiger partial charge < -0.3 is 5.32 Å². The number of nitrogens with zero attached hydrogens (tertiary/aromatic N) is 3. The average Bonchev–Trinajstić information content (AvgIpc) is 2.98. The predicted molar refractivity (Wildman–Crippen MR) is 108 cm³/mol. The number of para-hydroxylation sites is 1. The van der Waals surface area contributed by atoms with E-state index in [1.807, 2.05) is 44.2 Å². The second kappa shape index (κ2) is 7.31. The van der Waals surface area contributed by atoms with E-state index in [2.05, 4.69) is 15.4 Å². The smallest absolute Gasteiger partial charge is 0.252 e. The molecule has 5 nitrogen and oxygen atoms in total. The molecular formula is C21H23ClN4O. The highest BCUT2D eigenvalue weighted by Crippen LogP contribution is 2.28. The zero-order chi connectivity index (χ0) is 19.0. The van der Waals surface area contributed by atoms with Crippen molar-refractivity contribution in [1.82, 2.24) is 20.1 Å². The van der Waals surface area contributed by atoms with Crippen LogP contribution >= 0.6 is 11.6 Å². The number of carbonyl (C=O) groups excluding carboxylic acids is 1. The topological polar surface area (TPSA) is 59.8 Å². The molecule has 3 aromatic rings. The third kappa shape index (κ3) is 3.44. The second-order valence-electron chi connectivity index (χ2n) is 7.27. The molecule has 0 atom stereocenters. The van der Waals surface area contributed by atoms with Gasteiger partial charge in [0.05, 0.1) is 27.4 Å². The van der Waals surface area contributed by atoms with Gasteiger partial charge in [-0.05, 0) is 44.9 Å². The first kappa shape index (κ1) is 18.0. The van der Waals surface area contributed by atoms with Crippen LogP contribution in [0.4, 0.5) is 0 Å². The van der Waals surface area contributed by atoms with Crippen molar-refractivity contribution in [2.45, 2.75) is 52.0 Å². The van der Waals surface area contributed by atoms with Crippen LogP contribution in [0.3, 0.4) is 0 Å². The number of amides is 1. The van der Waals surface area contributed by atoms with Crippen molar-refractivity contribution in [3.63, 3.8) is 0 Å². The van der Waals surface area contributed by atoms with Gasteiger partial charge in [-0.2, -0.15) is 5.10 Å². The summed E-state index contributed by atoms with van der Waals surface area (Å²) >= 11 is 6.37. The van der Waals surface area contributed by atoms with Crippen LogP contribution in [0.25, 0.3) is 16.7 Å². The number of hydrogen-bond acceptors (Lipinski definition) is 3. The van der Waals surface area contributed by atoms with E-state index in [0.29, 0.717) is 16.2 Å². The van der Waals surface area contributed by atoms with Crippen LogP contribution in [-0.4, -0.2) is 26.7 Å². The van der Waals surface area contributed by atoms with E-state index in [1.54, 1.807) is 4.68 Å². The molecule has 0 spiro atoms. The van der Waals surface area contributed by atoms with Gasteiger partial charge in [-0.25, -0.2) is 9.67 Å². The summed E-state index contributed by atoms with van der Waals surface area (Å²) in [5.41, 5.74) is 3.61. The third-order valence-electron chi connectivity index (χ3n) is 5.21. The monoisotopic (exact) mass is 382 g/mol. The molecule has 2 aromatic heterocycles. The predicted octanol–water partition coefficient (Wildman–Crippen LogP) is 4.75. The van der Waals surface area contributed by atoms with Crippen LogP contribution in [0.15, 0.2) is 30.3 Å². The molecule has 4 rings (SSSR count).